The van der Waals surface area contributed by atoms with Gasteiger partial charge in [-0.15, -0.1) is 10.2 Å². The number of aromatic nitrogens is 2. The number of rotatable bonds is 6. The first-order chi connectivity index (χ1) is 15.1. The Labute approximate surface area is 179 Å². The smallest absolute Gasteiger partial charge is 0.387 e. The minimum atomic E-state index is -2.98. The fourth-order valence-corrected chi connectivity index (χ4v) is 3.18. The van der Waals surface area contributed by atoms with Crippen molar-refractivity contribution in [1.29, 1.82) is 0 Å². The van der Waals surface area contributed by atoms with Crippen LogP contribution in [0.4, 0.5) is 23.2 Å². The average molecular weight is 448 g/mol. The summed E-state index contributed by atoms with van der Waals surface area (Å²) >= 11 is 0. The van der Waals surface area contributed by atoms with Crippen molar-refractivity contribution >= 4 is 17.3 Å². The quantitative estimate of drug-likeness (QED) is 0.498. The van der Waals surface area contributed by atoms with Gasteiger partial charge in [-0.05, 0) is 43.3 Å². The summed E-state index contributed by atoms with van der Waals surface area (Å²) < 4.78 is 61.3. The molecule has 0 N–H and O–H groups in total. The Bertz CT molecular complexity index is 1160. The van der Waals surface area contributed by atoms with Crippen molar-refractivity contribution in [2.75, 3.05) is 5.01 Å². The van der Waals surface area contributed by atoms with E-state index in [0.29, 0.717) is 17.0 Å². The number of alkyl halides is 4. The molecule has 1 unspecified atom stereocenters. The van der Waals surface area contributed by atoms with Crippen LogP contribution in [-0.2, 0) is 10.7 Å². The van der Waals surface area contributed by atoms with Gasteiger partial charge in [-0.25, -0.2) is 8.78 Å². The molecule has 11 heteroatoms. The van der Waals surface area contributed by atoms with Crippen molar-refractivity contribution in [1.82, 2.24) is 10.2 Å². The molecule has 0 saturated heterocycles. The van der Waals surface area contributed by atoms with Crippen molar-refractivity contribution in [2.45, 2.75) is 32.3 Å². The molecule has 3 aromatic rings. The molecule has 1 aromatic heterocycles. The molecule has 0 aliphatic carbocycles. The SMILES string of the molecule is CC1=NN(c2ccc(OC(F)F)cc2)C(=O)C1c1nnc(-c2ccc(C(C)(F)F)cc2)o1. The van der Waals surface area contributed by atoms with Crippen LogP contribution in [0.3, 0.4) is 0 Å². The molecule has 4 rings (SSSR count). The number of anilines is 1. The monoisotopic (exact) mass is 448 g/mol. The third-order valence-electron chi connectivity index (χ3n) is 4.76. The lowest BCUT2D eigenvalue weighted by atomic mass is 10.0. The molecule has 1 aliphatic rings. The van der Waals surface area contributed by atoms with E-state index in [4.69, 9.17) is 4.42 Å². The molecule has 0 saturated carbocycles. The van der Waals surface area contributed by atoms with E-state index in [1.54, 1.807) is 6.92 Å². The standard InChI is InChI=1S/C21H16F4N4O3/c1-11-16(19(30)29(28-11)14-7-9-15(10-8-14)31-20(22)23)18-27-26-17(32-18)12-3-5-13(6-4-12)21(2,24)25/h3-10,16,20H,1-2H3. The van der Waals surface area contributed by atoms with E-state index in [9.17, 15) is 22.4 Å². The maximum Gasteiger partial charge on any atom is 0.387 e. The first-order valence-electron chi connectivity index (χ1n) is 9.39. The normalized spacial score (nSPS) is 16.6. The highest BCUT2D eigenvalue weighted by molar-refractivity contribution is 6.18. The molecule has 1 amide bonds. The lowest BCUT2D eigenvalue weighted by molar-refractivity contribution is -0.118. The van der Waals surface area contributed by atoms with E-state index in [1.165, 1.54) is 48.5 Å². The Morgan fingerprint density at radius 3 is 2.31 bits per heavy atom. The third kappa shape index (κ3) is 4.18. The van der Waals surface area contributed by atoms with E-state index >= 15 is 0 Å². The highest BCUT2D eigenvalue weighted by Crippen LogP contribution is 2.33. The minimum absolute atomic E-state index is 0.00342. The third-order valence-corrected chi connectivity index (χ3v) is 4.76. The van der Waals surface area contributed by atoms with Crippen LogP contribution in [0.15, 0.2) is 58.0 Å². The summed E-state index contributed by atoms with van der Waals surface area (Å²) in [6, 6.07) is 10.8. The number of hydrogen-bond acceptors (Lipinski definition) is 6. The van der Waals surface area contributed by atoms with Gasteiger partial charge in [-0.1, -0.05) is 12.1 Å². The molecule has 1 aliphatic heterocycles. The Hall–Kier alpha value is -3.76. The fraction of sp³-hybridized carbons (Fsp3) is 0.238. The summed E-state index contributed by atoms with van der Waals surface area (Å²) in [5.74, 6) is -4.38. The molecule has 2 heterocycles. The van der Waals surface area contributed by atoms with Crippen molar-refractivity contribution in [3.63, 3.8) is 0 Å². The fourth-order valence-electron chi connectivity index (χ4n) is 3.18. The summed E-state index contributed by atoms with van der Waals surface area (Å²) in [6.07, 6.45) is 0. The van der Waals surface area contributed by atoms with E-state index < -0.39 is 24.4 Å². The van der Waals surface area contributed by atoms with Crippen molar-refractivity contribution < 1.29 is 31.5 Å². The number of carbonyl (C=O) groups excluding carboxylic acids is 1. The summed E-state index contributed by atoms with van der Waals surface area (Å²) in [4.78, 5) is 12.9. The molecule has 0 bridgehead atoms. The summed E-state index contributed by atoms with van der Waals surface area (Å²) in [5.41, 5.74) is 0.993. The molecule has 0 spiro atoms. The van der Waals surface area contributed by atoms with Gasteiger partial charge in [-0.3, -0.25) is 4.79 Å². The van der Waals surface area contributed by atoms with Gasteiger partial charge in [0.05, 0.1) is 11.4 Å². The number of hydrogen-bond donors (Lipinski definition) is 0. The number of benzene rings is 2. The largest absolute Gasteiger partial charge is 0.435 e. The van der Waals surface area contributed by atoms with Gasteiger partial charge in [-0.2, -0.15) is 18.9 Å². The van der Waals surface area contributed by atoms with Crippen LogP contribution in [0.25, 0.3) is 11.5 Å². The van der Waals surface area contributed by atoms with Crippen LogP contribution in [0.5, 0.6) is 5.75 Å². The molecule has 166 valence electrons. The number of halogens is 4. The lowest BCUT2D eigenvalue weighted by Gasteiger charge is -2.13. The maximum atomic E-state index is 13.4. The van der Waals surface area contributed by atoms with Crippen LogP contribution >= 0.6 is 0 Å². The zero-order valence-corrected chi connectivity index (χ0v) is 16.8. The zero-order valence-electron chi connectivity index (χ0n) is 16.8. The Kier molecular flexibility index (Phi) is 5.41. The van der Waals surface area contributed by atoms with Gasteiger partial charge in [0, 0.05) is 18.1 Å². The van der Waals surface area contributed by atoms with Gasteiger partial charge >= 0.3 is 6.61 Å². The van der Waals surface area contributed by atoms with Crippen molar-refractivity contribution in [3.05, 3.63) is 60.0 Å². The Morgan fingerprint density at radius 2 is 1.72 bits per heavy atom. The highest BCUT2D eigenvalue weighted by Gasteiger charge is 2.39. The van der Waals surface area contributed by atoms with Gasteiger partial charge in [0.25, 0.3) is 11.8 Å². The van der Waals surface area contributed by atoms with Crippen LogP contribution in [0.1, 0.15) is 31.2 Å². The molecule has 2 aromatic carbocycles. The summed E-state index contributed by atoms with van der Waals surface area (Å²) in [6.45, 7) is -0.551. The number of carbonyl (C=O) groups is 1. The second kappa shape index (κ2) is 8.06. The summed E-state index contributed by atoms with van der Waals surface area (Å²) in [5, 5.41) is 13.2. The molecule has 0 radical (unpaired) electrons. The predicted molar refractivity (Wildman–Crippen MR) is 106 cm³/mol. The van der Waals surface area contributed by atoms with Crippen molar-refractivity contribution in [3.8, 4) is 17.2 Å². The predicted octanol–water partition coefficient (Wildman–Crippen LogP) is 4.96. The Morgan fingerprint density at radius 1 is 1.06 bits per heavy atom. The zero-order chi connectivity index (χ0) is 23.0. The molecule has 0 fully saturated rings. The van der Waals surface area contributed by atoms with E-state index in [-0.39, 0.29) is 23.1 Å². The first-order valence-corrected chi connectivity index (χ1v) is 9.39. The maximum absolute atomic E-state index is 13.4. The average Bonchev–Trinajstić information content (AvgIpc) is 3.32. The summed E-state index contributed by atoms with van der Waals surface area (Å²) in [7, 11) is 0. The Balaban J connectivity index is 1.53. The van der Waals surface area contributed by atoms with E-state index in [1.807, 2.05) is 0 Å². The topological polar surface area (TPSA) is 80.8 Å². The molecule has 32 heavy (non-hydrogen) atoms. The molecule has 7 nitrogen and oxygen atoms in total. The van der Waals surface area contributed by atoms with Gasteiger partial charge in [0.2, 0.25) is 11.8 Å². The van der Waals surface area contributed by atoms with Crippen LogP contribution in [-0.4, -0.2) is 28.4 Å². The van der Waals surface area contributed by atoms with Crippen LogP contribution in [0, 0.1) is 0 Å². The first kappa shape index (κ1) is 21.5. The lowest BCUT2D eigenvalue weighted by Crippen LogP contribution is -2.25. The number of hydrazone groups is 1. The number of amides is 1. The second-order valence-corrected chi connectivity index (χ2v) is 7.11. The second-order valence-electron chi connectivity index (χ2n) is 7.11. The molecular weight excluding hydrogens is 432 g/mol. The number of ether oxygens (including phenoxy) is 1. The van der Waals surface area contributed by atoms with Gasteiger partial charge < -0.3 is 9.15 Å². The van der Waals surface area contributed by atoms with Gasteiger partial charge in [0.15, 0.2) is 5.92 Å². The van der Waals surface area contributed by atoms with E-state index in [0.717, 1.165) is 11.9 Å². The highest BCUT2D eigenvalue weighted by atomic mass is 19.3. The van der Waals surface area contributed by atoms with Gasteiger partial charge in [0.1, 0.15) is 5.75 Å². The van der Waals surface area contributed by atoms with Crippen molar-refractivity contribution in [2.24, 2.45) is 5.10 Å². The number of nitrogens with zero attached hydrogens (tertiary/aromatic N) is 4. The van der Waals surface area contributed by atoms with E-state index in [2.05, 4.69) is 20.0 Å². The van der Waals surface area contributed by atoms with Crippen LogP contribution < -0.4 is 9.75 Å². The minimum Gasteiger partial charge on any atom is -0.435 e. The van der Waals surface area contributed by atoms with Crippen LogP contribution in [0.2, 0.25) is 0 Å². The molecule has 1 atom stereocenters. The molecular formula is C21H16F4N4O3.